The van der Waals surface area contributed by atoms with E-state index in [0.717, 1.165) is 0 Å². The second-order valence-corrected chi connectivity index (χ2v) is 4.45. The zero-order valence-corrected chi connectivity index (χ0v) is 11.9. The fourth-order valence-electron chi connectivity index (χ4n) is 2.26. The van der Waals surface area contributed by atoms with Crippen molar-refractivity contribution in [3.8, 4) is 11.5 Å². The minimum atomic E-state index is -0.170. The van der Waals surface area contributed by atoms with E-state index in [-0.39, 0.29) is 11.6 Å². The molecular weight excluding hydrogens is 256 g/mol. The number of carbonyl (C=O) groups is 2. The molecule has 104 valence electrons. The number of hydrogen-bond acceptors (Lipinski definition) is 4. The summed E-state index contributed by atoms with van der Waals surface area (Å²) in [7, 11) is 2.99. The molecule has 0 aliphatic heterocycles. The molecule has 20 heavy (non-hydrogen) atoms. The number of methoxy groups -OCH3 is 2. The lowest BCUT2D eigenvalue weighted by Gasteiger charge is -2.19. The first-order chi connectivity index (χ1) is 9.54. The van der Waals surface area contributed by atoms with Crippen molar-refractivity contribution in [2.24, 2.45) is 0 Å². The fraction of sp³-hybridized carbons (Fsp3) is 0.250. The number of fused-ring (bicyclic) bond motifs is 1. The minimum Gasteiger partial charge on any atom is -0.493 e. The molecule has 0 saturated heterocycles. The molecule has 1 aliphatic carbocycles. The molecule has 0 saturated carbocycles. The van der Waals surface area contributed by atoms with E-state index in [1.54, 1.807) is 31.2 Å². The van der Waals surface area contributed by atoms with Gasteiger partial charge >= 0.3 is 0 Å². The lowest BCUT2D eigenvalue weighted by Crippen LogP contribution is -2.20. The van der Waals surface area contributed by atoms with Crippen LogP contribution in [0.15, 0.2) is 35.4 Å². The van der Waals surface area contributed by atoms with Gasteiger partial charge in [-0.05, 0) is 26.0 Å². The Hall–Kier alpha value is -2.36. The van der Waals surface area contributed by atoms with Gasteiger partial charge in [0, 0.05) is 22.3 Å². The van der Waals surface area contributed by atoms with E-state index in [1.165, 1.54) is 14.2 Å². The van der Waals surface area contributed by atoms with Crippen molar-refractivity contribution >= 4 is 11.6 Å². The van der Waals surface area contributed by atoms with Gasteiger partial charge in [0.1, 0.15) is 0 Å². The van der Waals surface area contributed by atoms with Gasteiger partial charge in [0.05, 0.1) is 14.2 Å². The topological polar surface area (TPSA) is 52.6 Å². The number of carbonyl (C=O) groups excluding carboxylic acids is 2. The van der Waals surface area contributed by atoms with Crippen molar-refractivity contribution in [3.05, 3.63) is 46.6 Å². The van der Waals surface area contributed by atoms with Gasteiger partial charge in [0.25, 0.3) is 0 Å². The maximum absolute atomic E-state index is 12.5. The van der Waals surface area contributed by atoms with Crippen LogP contribution in [0.3, 0.4) is 0 Å². The average Bonchev–Trinajstić information content (AvgIpc) is 2.47. The molecule has 1 aromatic rings. The summed E-state index contributed by atoms with van der Waals surface area (Å²) in [5.41, 5.74) is 1.59. The summed E-state index contributed by atoms with van der Waals surface area (Å²) < 4.78 is 10.4. The van der Waals surface area contributed by atoms with E-state index >= 15 is 0 Å². The Morgan fingerprint density at radius 3 is 1.90 bits per heavy atom. The molecule has 0 N–H and O–H groups in total. The van der Waals surface area contributed by atoms with Crippen LogP contribution in [0.25, 0.3) is 0 Å². The van der Waals surface area contributed by atoms with E-state index in [0.29, 0.717) is 33.8 Å². The Kier molecular flexibility index (Phi) is 3.74. The maximum atomic E-state index is 12.5. The molecule has 0 spiro atoms. The molecule has 0 aromatic heterocycles. The van der Waals surface area contributed by atoms with Crippen molar-refractivity contribution in [2.75, 3.05) is 14.2 Å². The molecule has 0 atom stereocenters. The predicted molar refractivity (Wildman–Crippen MR) is 75.7 cm³/mol. The number of Topliss-reactive ketones (excluding diaryl/α,β-unsaturated/α-hetero) is 2. The van der Waals surface area contributed by atoms with Crippen LogP contribution >= 0.6 is 0 Å². The van der Waals surface area contributed by atoms with Gasteiger partial charge in [0.15, 0.2) is 23.1 Å². The Balaban J connectivity index is 2.70. The highest BCUT2D eigenvalue weighted by atomic mass is 16.5. The summed E-state index contributed by atoms with van der Waals surface area (Å²) in [5, 5.41) is 0. The average molecular weight is 272 g/mol. The second-order valence-electron chi connectivity index (χ2n) is 4.45. The van der Waals surface area contributed by atoms with Crippen LogP contribution in [0.1, 0.15) is 34.6 Å². The Bertz CT molecular complexity index is 651. The SMILES string of the molecule is C/C=C\C1=C(C)C(=O)c2cc(OC)c(OC)cc2C1=O. The van der Waals surface area contributed by atoms with Gasteiger partial charge in [-0.3, -0.25) is 9.59 Å². The summed E-state index contributed by atoms with van der Waals surface area (Å²) in [6.45, 7) is 3.47. The van der Waals surface area contributed by atoms with Gasteiger partial charge in [0.2, 0.25) is 0 Å². The lowest BCUT2D eigenvalue weighted by atomic mass is 9.84. The predicted octanol–water partition coefficient (Wildman–Crippen LogP) is 2.98. The largest absolute Gasteiger partial charge is 0.493 e. The normalized spacial score (nSPS) is 14.8. The molecule has 2 rings (SSSR count). The van der Waals surface area contributed by atoms with Gasteiger partial charge < -0.3 is 9.47 Å². The van der Waals surface area contributed by atoms with Crippen molar-refractivity contribution in [3.63, 3.8) is 0 Å². The molecule has 4 nitrogen and oxygen atoms in total. The summed E-state index contributed by atoms with van der Waals surface area (Å²) in [4.78, 5) is 24.8. The lowest BCUT2D eigenvalue weighted by molar-refractivity contribution is 0.0977. The van der Waals surface area contributed by atoms with Crippen LogP contribution in [-0.4, -0.2) is 25.8 Å². The van der Waals surface area contributed by atoms with Crippen molar-refractivity contribution < 1.29 is 19.1 Å². The number of ether oxygens (including phenoxy) is 2. The van der Waals surface area contributed by atoms with Crippen molar-refractivity contribution in [2.45, 2.75) is 13.8 Å². The van der Waals surface area contributed by atoms with Gasteiger partial charge in [-0.1, -0.05) is 12.2 Å². The highest BCUT2D eigenvalue weighted by Gasteiger charge is 2.30. The van der Waals surface area contributed by atoms with Gasteiger partial charge in [-0.2, -0.15) is 0 Å². The zero-order chi connectivity index (χ0) is 14.9. The second kappa shape index (κ2) is 5.33. The first kappa shape index (κ1) is 14.1. The molecular formula is C16H16O4. The molecule has 0 fully saturated rings. The minimum absolute atomic E-state index is 0.159. The summed E-state index contributed by atoms with van der Waals surface area (Å²) in [6.07, 6.45) is 3.41. The van der Waals surface area contributed by atoms with Crippen molar-refractivity contribution in [1.82, 2.24) is 0 Å². The van der Waals surface area contributed by atoms with Crippen LogP contribution in [0.4, 0.5) is 0 Å². The van der Waals surface area contributed by atoms with Crippen LogP contribution in [0.5, 0.6) is 11.5 Å². The molecule has 1 aromatic carbocycles. The summed E-state index contributed by atoms with van der Waals surface area (Å²) in [5.74, 6) is 0.547. The number of ketones is 2. The summed E-state index contributed by atoms with van der Waals surface area (Å²) in [6, 6.07) is 3.12. The standard InChI is InChI=1S/C16H16O4/c1-5-6-10-9(2)15(17)11-7-13(19-3)14(20-4)8-12(11)16(10)18/h5-8H,1-4H3/b6-5-. The van der Waals surface area contributed by atoms with Crippen LogP contribution in [-0.2, 0) is 0 Å². The number of hydrogen-bond donors (Lipinski definition) is 0. The van der Waals surface area contributed by atoms with Crippen molar-refractivity contribution in [1.29, 1.82) is 0 Å². The monoisotopic (exact) mass is 272 g/mol. The van der Waals surface area contributed by atoms with E-state index in [2.05, 4.69) is 0 Å². The quantitative estimate of drug-likeness (QED) is 0.848. The third kappa shape index (κ3) is 2.03. The molecule has 0 bridgehead atoms. The fourth-order valence-corrected chi connectivity index (χ4v) is 2.26. The van der Waals surface area contributed by atoms with Crippen LogP contribution in [0.2, 0.25) is 0 Å². The Morgan fingerprint density at radius 1 is 0.950 bits per heavy atom. The zero-order valence-electron chi connectivity index (χ0n) is 11.9. The van der Waals surface area contributed by atoms with E-state index in [1.807, 2.05) is 6.92 Å². The number of benzene rings is 1. The van der Waals surface area contributed by atoms with Gasteiger partial charge in [-0.25, -0.2) is 0 Å². The molecule has 0 radical (unpaired) electrons. The molecule has 4 heteroatoms. The molecule has 0 amide bonds. The third-order valence-electron chi connectivity index (χ3n) is 3.34. The highest BCUT2D eigenvalue weighted by molar-refractivity contribution is 6.28. The molecule has 0 unspecified atom stereocenters. The third-order valence-corrected chi connectivity index (χ3v) is 3.34. The maximum Gasteiger partial charge on any atom is 0.194 e. The highest BCUT2D eigenvalue weighted by Crippen LogP contribution is 2.35. The first-order valence-electron chi connectivity index (χ1n) is 6.24. The van der Waals surface area contributed by atoms with E-state index in [9.17, 15) is 9.59 Å². The summed E-state index contributed by atoms with van der Waals surface area (Å²) >= 11 is 0. The van der Waals surface area contributed by atoms with Crippen LogP contribution < -0.4 is 9.47 Å². The van der Waals surface area contributed by atoms with E-state index < -0.39 is 0 Å². The first-order valence-corrected chi connectivity index (χ1v) is 6.24. The molecule has 0 heterocycles. The number of allylic oxidation sites excluding steroid dienone is 4. The Labute approximate surface area is 117 Å². The number of rotatable bonds is 3. The van der Waals surface area contributed by atoms with E-state index in [4.69, 9.17) is 9.47 Å². The van der Waals surface area contributed by atoms with Gasteiger partial charge in [-0.15, -0.1) is 0 Å². The molecule has 1 aliphatic rings. The smallest absolute Gasteiger partial charge is 0.194 e. The Morgan fingerprint density at radius 2 is 1.45 bits per heavy atom. The van der Waals surface area contributed by atoms with Crippen LogP contribution in [0, 0.1) is 0 Å².